The fourth-order valence-electron chi connectivity index (χ4n) is 3.96. The molecule has 1 atom stereocenters. The minimum absolute atomic E-state index is 0.0709. The van der Waals surface area contributed by atoms with Gasteiger partial charge < -0.3 is 10.1 Å². The Morgan fingerprint density at radius 2 is 1.82 bits per heavy atom. The quantitative estimate of drug-likeness (QED) is 0.708. The highest BCUT2D eigenvalue weighted by molar-refractivity contribution is 5.76. The number of hydrogen-bond donors (Lipinski definition) is 1. The third kappa shape index (κ3) is 4.18. The molecule has 1 aliphatic carbocycles. The summed E-state index contributed by atoms with van der Waals surface area (Å²) in [6.07, 6.45) is 1.73. The van der Waals surface area contributed by atoms with Crippen LogP contribution < -0.4 is 10.1 Å². The molecule has 0 aromatic heterocycles. The van der Waals surface area contributed by atoms with Gasteiger partial charge in [-0.25, -0.2) is 8.78 Å². The smallest absolute Gasteiger partial charge is 0.220 e. The molecule has 3 nitrogen and oxygen atoms in total. The highest BCUT2D eigenvalue weighted by Crippen LogP contribution is 2.64. The number of hydrogen-bond acceptors (Lipinski definition) is 2. The third-order valence-electron chi connectivity index (χ3n) is 5.82. The van der Waals surface area contributed by atoms with E-state index in [9.17, 15) is 13.6 Å². The van der Waals surface area contributed by atoms with E-state index in [1.807, 2.05) is 45.0 Å². The number of amides is 1. The second kappa shape index (κ2) is 7.90. The van der Waals surface area contributed by atoms with Crippen LogP contribution in [-0.4, -0.2) is 19.1 Å². The largest absolute Gasteiger partial charge is 0.494 e. The number of carbonyl (C=O) groups excluding carboxylic acids is 1. The van der Waals surface area contributed by atoms with E-state index >= 15 is 0 Å². The lowest BCUT2D eigenvalue weighted by atomic mass is 9.87. The minimum atomic E-state index is -0.589. The number of benzene rings is 2. The van der Waals surface area contributed by atoms with Crippen molar-refractivity contribution in [3.05, 3.63) is 65.2 Å². The van der Waals surface area contributed by atoms with Crippen LogP contribution in [-0.2, 0) is 16.6 Å². The van der Waals surface area contributed by atoms with Gasteiger partial charge in [0, 0.05) is 24.4 Å². The lowest BCUT2D eigenvalue weighted by molar-refractivity contribution is -0.121. The van der Waals surface area contributed by atoms with Crippen molar-refractivity contribution in [1.82, 2.24) is 5.32 Å². The summed E-state index contributed by atoms with van der Waals surface area (Å²) in [6, 6.07) is 11.4. The fourth-order valence-corrected chi connectivity index (χ4v) is 3.96. The zero-order valence-electron chi connectivity index (χ0n) is 16.6. The normalized spacial score (nSPS) is 19.9. The van der Waals surface area contributed by atoms with Gasteiger partial charge in [0.25, 0.3) is 0 Å². The maximum Gasteiger partial charge on any atom is 0.220 e. The Bertz CT molecular complexity index is 848. The molecule has 150 valence electrons. The number of nitrogens with one attached hydrogen (secondary N) is 1. The minimum Gasteiger partial charge on any atom is -0.494 e. The van der Waals surface area contributed by atoms with Gasteiger partial charge in [0.05, 0.1) is 6.61 Å². The number of halogens is 2. The zero-order chi connectivity index (χ0) is 20.4. The molecule has 1 unspecified atom stereocenters. The van der Waals surface area contributed by atoms with Crippen molar-refractivity contribution in [2.45, 2.75) is 45.4 Å². The zero-order valence-corrected chi connectivity index (χ0v) is 16.6. The van der Waals surface area contributed by atoms with Gasteiger partial charge in [-0.15, -0.1) is 0 Å². The molecule has 0 radical (unpaired) electrons. The van der Waals surface area contributed by atoms with Gasteiger partial charge >= 0.3 is 0 Å². The molecule has 1 aliphatic rings. The lowest BCUT2D eigenvalue weighted by Gasteiger charge is -2.22. The van der Waals surface area contributed by atoms with Crippen molar-refractivity contribution in [1.29, 1.82) is 0 Å². The van der Waals surface area contributed by atoms with E-state index in [0.29, 0.717) is 31.6 Å². The Kier molecular flexibility index (Phi) is 5.73. The SMILES string of the molecule is CCOc1ccc(CCC(=O)NCC2(c3ccc(F)cc3F)CC2(C)C)cc1. The van der Waals surface area contributed by atoms with Crippen LogP contribution in [0.5, 0.6) is 5.75 Å². The van der Waals surface area contributed by atoms with Gasteiger partial charge in [0.2, 0.25) is 5.91 Å². The average Bonchev–Trinajstić information content (AvgIpc) is 3.21. The monoisotopic (exact) mass is 387 g/mol. The van der Waals surface area contributed by atoms with E-state index in [1.54, 1.807) is 0 Å². The van der Waals surface area contributed by atoms with Crippen LogP contribution in [0.3, 0.4) is 0 Å². The number of carbonyl (C=O) groups is 1. The fraction of sp³-hybridized carbons (Fsp3) is 0.435. The van der Waals surface area contributed by atoms with Gasteiger partial charge in [-0.1, -0.05) is 32.0 Å². The Morgan fingerprint density at radius 3 is 2.39 bits per heavy atom. The predicted molar refractivity (Wildman–Crippen MR) is 105 cm³/mol. The number of ether oxygens (including phenoxy) is 1. The van der Waals surface area contributed by atoms with E-state index in [2.05, 4.69) is 5.32 Å². The standard InChI is InChI=1S/C23H27F2NO2/c1-4-28-18-9-5-16(6-10-18)7-12-21(27)26-15-23(14-22(23,2)3)19-11-8-17(24)13-20(19)25/h5-6,8-11,13H,4,7,12,14-15H2,1-3H3,(H,26,27). The Hall–Kier alpha value is -2.43. The van der Waals surface area contributed by atoms with Crippen molar-refractivity contribution in [2.24, 2.45) is 5.41 Å². The van der Waals surface area contributed by atoms with Crippen molar-refractivity contribution in [3.63, 3.8) is 0 Å². The highest BCUT2D eigenvalue weighted by Gasteiger charge is 2.62. The molecule has 1 saturated carbocycles. The maximum absolute atomic E-state index is 14.3. The molecule has 28 heavy (non-hydrogen) atoms. The van der Waals surface area contributed by atoms with Crippen molar-refractivity contribution < 1.29 is 18.3 Å². The van der Waals surface area contributed by atoms with Crippen LogP contribution in [0.25, 0.3) is 0 Å². The first-order chi connectivity index (χ1) is 13.3. The van der Waals surface area contributed by atoms with Gasteiger partial charge in [-0.05, 0) is 54.5 Å². The van der Waals surface area contributed by atoms with Crippen molar-refractivity contribution in [2.75, 3.05) is 13.2 Å². The molecule has 0 bridgehead atoms. The Balaban J connectivity index is 1.58. The summed E-state index contributed by atoms with van der Waals surface area (Å²) < 4.78 is 33.0. The summed E-state index contributed by atoms with van der Waals surface area (Å²) >= 11 is 0. The summed E-state index contributed by atoms with van der Waals surface area (Å²) in [6.45, 7) is 6.99. The molecule has 3 rings (SSSR count). The molecule has 2 aromatic rings. The van der Waals surface area contributed by atoms with Gasteiger partial charge in [0.1, 0.15) is 17.4 Å². The molecule has 1 N–H and O–H groups in total. The molecule has 0 aliphatic heterocycles. The van der Waals surface area contributed by atoms with E-state index in [0.717, 1.165) is 23.8 Å². The van der Waals surface area contributed by atoms with Crippen molar-refractivity contribution >= 4 is 5.91 Å². The number of aryl methyl sites for hydroxylation is 1. The first-order valence-corrected chi connectivity index (χ1v) is 9.71. The molecule has 5 heteroatoms. The average molecular weight is 387 g/mol. The van der Waals surface area contributed by atoms with Crippen LogP contribution in [0.4, 0.5) is 8.78 Å². The van der Waals surface area contributed by atoms with Crippen LogP contribution >= 0.6 is 0 Å². The summed E-state index contributed by atoms with van der Waals surface area (Å²) in [5.74, 6) is -0.392. The Labute approximate surface area is 165 Å². The summed E-state index contributed by atoms with van der Waals surface area (Å²) in [5, 5.41) is 2.96. The summed E-state index contributed by atoms with van der Waals surface area (Å²) in [5.41, 5.74) is 0.906. The van der Waals surface area contributed by atoms with Crippen LogP contribution in [0, 0.1) is 17.0 Å². The van der Waals surface area contributed by atoms with E-state index in [1.165, 1.54) is 12.1 Å². The van der Waals surface area contributed by atoms with Crippen LogP contribution in [0.2, 0.25) is 0 Å². The molecule has 1 amide bonds. The maximum atomic E-state index is 14.3. The van der Waals surface area contributed by atoms with E-state index in [-0.39, 0.29) is 11.3 Å². The molecule has 0 spiro atoms. The molecule has 2 aromatic carbocycles. The molecule has 0 heterocycles. The van der Waals surface area contributed by atoms with E-state index < -0.39 is 17.0 Å². The Morgan fingerprint density at radius 1 is 1.14 bits per heavy atom. The summed E-state index contributed by atoms with van der Waals surface area (Å²) in [4.78, 5) is 12.4. The third-order valence-corrected chi connectivity index (χ3v) is 5.82. The molecular weight excluding hydrogens is 360 g/mol. The lowest BCUT2D eigenvalue weighted by Crippen LogP contribution is -2.35. The van der Waals surface area contributed by atoms with Gasteiger partial charge in [-0.2, -0.15) is 0 Å². The molecular formula is C23H27F2NO2. The van der Waals surface area contributed by atoms with E-state index in [4.69, 9.17) is 4.74 Å². The van der Waals surface area contributed by atoms with Crippen LogP contribution in [0.1, 0.15) is 44.7 Å². The van der Waals surface area contributed by atoms with Crippen molar-refractivity contribution in [3.8, 4) is 5.75 Å². The highest BCUT2D eigenvalue weighted by atomic mass is 19.1. The topological polar surface area (TPSA) is 38.3 Å². The van der Waals surface area contributed by atoms with Gasteiger partial charge in [-0.3, -0.25) is 4.79 Å². The first-order valence-electron chi connectivity index (χ1n) is 9.71. The first kappa shape index (κ1) is 20.3. The van der Waals surface area contributed by atoms with Crippen LogP contribution in [0.15, 0.2) is 42.5 Å². The predicted octanol–water partition coefficient (Wildman–Crippen LogP) is 4.78. The second-order valence-corrected chi connectivity index (χ2v) is 8.12. The molecule has 1 fully saturated rings. The molecule has 0 saturated heterocycles. The van der Waals surface area contributed by atoms with Gasteiger partial charge in [0.15, 0.2) is 0 Å². The summed E-state index contributed by atoms with van der Waals surface area (Å²) in [7, 11) is 0. The second-order valence-electron chi connectivity index (χ2n) is 8.12. The number of rotatable bonds is 8.